The highest BCUT2D eigenvalue weighted by molar-refractivity contribution is 5.91. The van der Waals surface area contributed by atoms with E-state index in [9.17, 15) is 24.3 Å². The van der Waals surface area contributed by atoms with Gasteiger partial charge < -0.3 is 15.2 Å². The van der Waals surface area contributed by atoms with Crippen LogP contribution in [0, 0.1) is 11.8 Å². The normalized spacial score (nSPS) is 15.5. The summed E-state index contributed by atoms with van der Waals surface area (Å²) in [6, 6.07) is 18.2. The molecule has 41 heavy (non-hydrogen) atoms. The topological polar surface area (TPSA) is 113 Å². The van der Waals surface area contributed by atoms with E-state index in [1.54, 1.807) is 20.8 Å². The first-order valence-corrected chi connectivity index (χ1v) is 14.4. The smallest absolute Gasteiger partial charge is 0.410 e. The van der Waals surface area contributed by atoms with Crippen molar-refractivity contribution in [1.82, 2.24) is 10.2 Å². The predicted octanol–water partition coefficient (Wildman–Crippen LogP) is 5.39. The molecule has 2 N–H and O–H groups in total. The molecule has 0 aliphatic heterocycles. The van der Waals surface area contributed by atoms with Gasteiger partial charge in [-0.3, -0.25) is 14.5 Å². The van der Waals surface area contributed by atoms with Gasteiger partial charge in [-0.2, -0.15) is 0 Å². The lowest BCUT2D eigenvalue weighted by Crippen LogP contribution is -2.46. The predicted molar refractivity (Wildman–Crippen MR) is 157 cm³/mol. The van der Waals surface area contributed by atoms with Crippen LogP contribution in [0.5, 0.6) is 0 Å². The molecule has 0 aromatic heterocycles. The zero-order valence-electron chi connectivity index (χ0n) is 24.9. The Morgan fingerprint density at radius 1 is 0.976 bits per heavy atom. The summed E-state index contributed by atoms with van der Waals surface area (Å²) in [6.07, 6.45) is 1.65. The summed E-state index contributed by atoms with van der Waals surface area (Å²) < 4.78 is 5.66. The van der Waals surface area contributed by atoms with Gasteiger partial charge in [-0.15, -0.1) is 0 Å². The molecule has 2 aromatic rings. The van der Waals surface area contributed by atoms with Crippen molar-refractivity contribution in [2.45, 2.75) is 83.8 Å². The maximum Gasteiger partial charge on any atom is 0.410 e. The number of ketones is 1. The quantitative estimate of drug-likeness (QED) is 0.318. The Hall–Kier alpha value is -3.68. The fourth-order valence-electron chi connectivity index (χ4n) is 5.05. The standard InChI is InChI=1S/C33H44N2O6/c1-23(2)18-28(30(38)39)34-29(37)25(19-24-12-8-6-9-13-24)20-27(36)21-35(31(40)41-32(3,4)5)22-33(16-17-33)26-14-10-7-11-15-26/h6-15,23,25,28H,16-22H2,1-5H3,(H,34,37)(H,38,39)/t25-,28+/m0/s1. The molecule has 2 atom stereocenters. The summed E-state index contributed by atoms with van der Waals surface area (Å²) in [6.45, 7) is 9.27. The van der Waals surface area contributed by atoms with Crippen molar-refractivity contribution in [3.8, 4) is 0 Å². The van der Waals surface area contributed by atoms with Crippen LogP contribution in [0.3, 0.4) is 0 Å². The highest BCUT2D eigenvalue weighted by Crippen LogP contribution is 2.48. The maximum absolute atomic E-state index is 13.5. The Labute approximate surface area is 243 Å². The van der Waals surface area contributed by atoms with Gasteiger partial charge in [0, 0.05) is 24.3 Å². The van der Waals surface area contributed by atoms with Crippen LogP contribution in [0.1, 0.15) is 71.4 Å². The highest BCUT2D eigenvalue weighted by Gasteiger charge is 2.47. The summed E-state index contributed by atoms with van der Waals surface area (Å²) in [5.41, 5.74) is 1.01. The molecule has 1 aliphatic carbocycles. The van der Waals surface area contributed by atoms with Gasteiger partial charge >= 0.3 is 12.1 Å². The Bertz CT molecular complexity index is 1190. The second kappa shape index (κ2) is 13.8. The number of rotatable bonds is 14. The lowest BCUT2D eigenvalue weighted by Gasteiger charge is -2.30. The number of ether oxygens (including phenoxy) is 1. The van der Waals surface area contributed by atoms with Gasteiger partial charge in [0.15, 0.2) is 5.78 Å². The largest absolute Gasteiger partial charge is 0.480 e. The minimum absolute atomic E-state index is 0.0624. The molecule has 0 unspecified atom stereocenters. The second-order valence-electron chi connectivity index (χ2n) is 12.6. The lowest BCUT2D eigenvalue weighted by atomic mass is 9.92. The molecule has 0 bridgehead atoms. The third-order valence-corrected chi connectivity index (χ3v) is 7.24. The van der Waals surface area contributed by atoms with Gasteiger partial charge in [-0.05, 0) is 63.5 Å². The van der Waals surface area contributed by atoms with E-state index < -0.39 is 35.5 Å². The Kier molecular flexibility index (Phi) is 10.7. The van der Waals surface area contributed by atoms with E-state index in [1.165, 1.54) is 4.90 Å². The van der Waals surface area contributed by atoms with Gasteiger partial charge in [0.2, 0.25) is 5.91 Å². The molecule has 1 aliphatic rings. The molecular formula is C33H44N2O6. The molecule has 0 heterocycles. The van der Waals surface area contributed by atoms with Crippen molar-refractivity contribution < 1.29 is 29.0 Å². The van der Waals surface area contributed by atoms with E-state index in [1.807, 2.05) is 74.5 Å². The highest BCUT2D eigenvalue weighted by atomic mass is 16.6. The number of hydrogen-bond donors (Lipinski definition) is 2. The van der Waals surface area contributed by atoms with E-state index in [0.717, 1.165) is 24.0 Å². The average molecular weight is 565 g/mol. The van der Waals surface area contributed by atoms with Crippen LogP contribution < -0.4 is 5.32 Å². The first-order valence-electron chi connectivity index (χ1n) is 14.4. The molecule has 0 radical (unpaired) electrons. The third kappa shape index (κ3) is 10.0. The number of Topliss-reactive ketones (excluding diaryl/α,β-unsaturated/α-hetero) is 1. The number of carbonyl (C=O) groups excluding carboxylic acids is 3. The molecule has 3 rings (SSSR count). The molecule has 0 saturated heterocycles. The monoisotopic (exact) mass is 564 g/mol. The van der Waals surface area contributed by atoms with E-state index in [-0.39, 0.29) is 42.9 Å². The van der Waals surface area contributed by atoms with E-state index in [0.29, 0.717) is 6.54 Å². The molecule has 8 nitrogen and oxygen atoms in total. The van der Waals surface area contributed by atoms with Crippen molar-refractivity contribution >= 4 is 23.8 Å². The molecule has 2 amide bonds. The van der Waals surface area contributed by atoms with Crippen LogP contribution in [-0.4, -0.2) is 58.5 Å². The summed E-state index contributed by atoms with van der Waals surface area (Å²) >= 11 is 0. The molecule has 1 fully saturated rings. The summed E-state index contributed by atoms with van der Waals surface area (Å²) in [5.74, 6) is -2.60. The van der Waals surface area contributed by atoms with E-state index in [2.05, 4.69) is 5.32 Å². The van der Waals surface area contributed by atoms with Crippen molar-refractivity contribution in [3.63, 3.8) is 0 Å². The zero-order chi connectivity index (χ0) is 30.2. The van der Waals surface area contributed by atoms with Crippen LogP contribution in [0.25, 0.3) is 0 Å². The molecule has 2 aromatic carbocycles. The van der Waals surface area contributed by atoms with Crippen LogP contribution in [0.15, 0.2) is 60.7 Å². The van der Waals surface area contributed by atoms with Crippen molar-refractivity contribution in [3.05, 3.63) is 71.8 Å². The third-order valence-electron chi connectivity index (χ3n) is 7.24. The molecular weight excluding hydrogens is 520 g/mol. The number of carbonyl (C=O) groups is 4. The van der Waals surface area contributed by atoms with Gasteiger partial charge in [0.1, 0.15) is 11.6 Å². The first-order chi connectivity index (χ1) is 19.3. The first kappa shape index (κ1) is 31.8. The Morgan fingerprint density at radius 2 is 1.56 bits per heavy atom. The SMILES string of the molecule is CC(C)C[C@@H](NC(=O)[C@H](CC(=O)CN(CC1(c2ccccc2)CC1)C(=O)OC(C)(C)C)Cc1ccccc1)C(=O)O. The van der Waals surface area contributed by atoms with Crippen LogP contribution in [0.4, 0.5) is 4.79 Å². The number of carboxylic acid groups (broad SMARTS) is 1. The second-order valence-corrected chi connectivity index (χ2v) is 12.6. The lowest BCUT2D eigenvalue weighted by molar-refractivity contribution is -0.143. The van der Waals surface area contributed by atoms with Gasteiger partial charge in [-0.25, -0.2) is 9.59 Å². The number of amides is 2. The summed E-state index contributed by atoms with van der Waals surface area (Å²) in [5, 5.41) is 12.3. The number of carboxylic acids is 1. The van der Waals surface area contributed by atoms with Crippen molar-refractivity contribution in [2.24, 2.45) is 11.8 Å². The minimum Gasteiger partial charge on any atom is -0.480 e. The van der Waals surface area contributed by atoms with Gasteiger partial charge in [0.05, 0.1) is 6.54 Å². The van der Waals surface area contributed by atoms with E-state index in [4.69, 9.17) is 4.74 Å². The fraction of sp³-hybridized carbons (Fsp3) is 0.515. The van der Waals surface area contributed by atoms with Crippen LogP contribution in [-0.2, 0) is 31.0 Å². The summed E-state index contributed by atoms with van der Waals surface area (Å²) in [4.78, 5) is 53.5. The maximum atomic E-state index is 13.5. The van der Waals surface area contributed by atoms with Crippen molar-refractivity contribution in [1.29, 1.82) is 0 Å². The van der Waals surface area contributed by atoms with Crippen LogP contribution >= 0.6 is 0 Å². The minimum atomic E-state index is -1.11. The average Bonchev–Trinajstić information content (AvgIpc) is 3.68. The summed E-state index contributed by atoms with van der Waals surface area (Å²) in [7, 11) is 0. The molecule has 222 valence electrons. The van der Waals surface area contributed by atoms with E-state index >= 15 is 0 Å². The Balaban J connectivity index is 1.80. The number of aliphatic carboxylic acids is 1. The molecule has 0 spiro atoms. The molecule has 8 heteroatoms. The van der Waals surface area contributed by atoms with Crippen molar-refractivity contribution in [2.75, 3.05) is 13.1 Å². The Morgan fingerprint density at radius 3 is 2.07 bits per heavy atom. The molecule has 1 saturated carbocycles. The number of nitrogens with one attached hydrogen (secondary N) is 1. The van der Waals surface area contributed by atoms with Gasteiger partial charge in [-0.1, -0.05) is 74.5 Å². The number of hydrogen-bond acceptors (Lipinski definition) is 5. The van der Waals surface area contributed by atoms with Crippen LogP contribution in [0.2, 0.25) is 0 Å². The zero-order valence-corrected chi connectivity index (χ0v) is 24.9. The fourth-order valence-corrected chi connectivity index (χ4v) is 5.05. The number of nitrogens with zero attached hydrogens (tertiary/aromatic N) is 1. The van der Waals surface area contributed by atoms with Gasteiger partial charge in [0.25, 0.3) is 0 Å². The number of benzene rings is 2.